The number of ether oxygens (including phenoxy) is 1. The molecule has 10 heteroatoms. The fourth-order valence-electron chi connectivity index (χ4n) is 3.22. The van der Waals surface area contributed by atoms with E-state index in [4.69, 9.17) is 4.74 Å². The van der Waals surface area contributed by atoms with Crippen molar-refractivity contribution < 1.29 is 19.1 Å². The molecule has 1 aromatic heterocycles. The molecule has 0 atom stereocenters. The highest BCUT2D eigenvalue weighted by Gasteiger charge is 2.31. The number of rotatable bonds is 8. The van der Waals surface area contributed by atoms with Gasteiger partial charge in [-0.3, -0.25) is 14.4 Å². The third-order valence-corrected chi connectivity index (χ3v) is 5.19. The standard InChI is InChI=1S/C22H24N6O4/c1-3-19(29)28-11-16(12-28)32-15-6-4-5-14(9-15)24-17-10-18(25-21(30)13-7-8-13)26-27-20(17)22(31)23-2/h3-6,9-10,13,16H,1,7-8,11-12H2,2H3,(H,23,31)(H2,24,25,26,30). The molecule has 32 heavy (non-hydrogen) atoms. The SMILES string of the molecule is C=CC(=O)N1CC(Oc2cccc(Nc3cc(NC(=O)C4CC4)nnc3C(=O)NC)c2)C1. The molecule has 2 heterocycles. The predicted molar refractivity (Wildman–Crippen MR) is 118 cm³/mol. The van der Waals surface area contributed by atoms with E-state index < -0.39 is 5.91 Å². The second-order valence-electron chi connectivity index (χ2n) is 7.67. The van der Waals surface area contributed by atoms with E-state index in [0.717, 1.165) is 12.8 Å². The minimum atomic E-state index is -0.408. The van der Waals surface area contributed by atoms with Crippen LogP contribution in [-0.4, -0.2) is 59.1 Å². The number of nitrogens with one attached hydrogen (secondary N) is 3. The monoisotopic (exact) mass is 436 g/mol. The van der Waals surface area contributed by atoms with Gasteiger partial charge in [0, 0.05) is 30.8 Å². The Bertz CT molecular complexity index is 1060. The van der Waals surface area contributed by atoms with Crippen molar-refractivity contribution in [1.29, 1.82) is 0 Å². The molecule has 1 aliphatic carbocycles. The average Bonchev–Trinajstić information content (AvgIpc) is 3.61. The number of aromatic nitrogens is 2. The van der Waals surface area contributed by atoms with E-state index in [1.54, 1.807) is 17.0 Å². The number of nitrogens with zero attached hydrogens (tertiary/aromatic N) is 3. The second kappa shape index (κ2) is 9.04. The Morgan fingerprint density at radius 3 is 2.66 bits per heavy atom. The van der Waals surface area contributed by atoms with Crippen LogP contribution in [0.2, 0.25) is 0 Å². The number of carbonyl (C=O) groups excluding carboxylic acids is 3. The van der Waals surface area contributed by atoms with Crippen molar-refractivity contribution in [3.63, 3.8) is 0 Å². The van der Waals surface area contributed by atoms with Crippen LogP contribution in [0.15, 0.2) is 43.0 Å². The second-order valence-corrected chi connectivity index (χ2v) is 7.67. The topological polar surface area (TPSA) is 126 Å². The first kappa shape index (κ1) is 21.3. The van der Waals surface area contributed by atoms with Gasteiger partial charge in [0.15, 0.2) is 11.5 Å². The summed E-state index contributed by atoms with van der Waals surface area (Å²) in [5, 5.41) is 16.4. The van der Waals surface area contributed by atoms with Crippen molar-refractivity contribution in [2.75, 3.05) is 30.8 Å². The van der Waals surface area contributed by atoms with Gasteiger partial charge >= 0.3 is 0 Å². The van der Waals surface area contributed by atoms with Gasteiger partial charge in [-0.05, 0) is 31.1 Å². The molecular formula is C22H24N6O4. The third kappa shape index (κ3) is 4.85. The summed E-state index contributed by atoms with van der Waals surface area (Å²) in [6.45, 7) is 4.48. The van der Waals surface area contributed by atoms with Crippen LogP contribution >= 0.6 is 0 Å². The Morgan fingerprint density at radius 1 is 1.19 bits per heavy atom. The lowest BCUT2D eigenvalue weighted by Crippen LogP contribution is -2.55. The zero-order chi connectivity index (χ0) is 22.7. The molecule has 0 spiro atoms. The van der Waals surface area contributed by atoms with Gasteiger partial charge in [0.2, 0.25) is 11.8 Å². The van der Waals surface area contributed by atoms with Crippen LogP contribution in [0.1, 0.15) is 23.3 Å². The van der Waals surface area contributed by atoms with Crippen LogP contribution in [0, 0.1) is 5.92 Å². The molecule has 1 saturated carbocycles. The largest absolute Gasteiger partial charge is 0.487 e. The van der Waals surface area contributed by atoms with E-state index in [0.29, 0.717) is 30.2 Å². The Labute approximate surface area is 185 Å². The highest BCUT2D eigenvalue weighted by Crippen LogP contribution is 2.31. The summed E-state index contributed by atoms with van der Waals surface area (Å²) < 4.78 is 5.93. The summed E-state index contributed by atoms with van der Waals surface area (Å²) in [6, 6.07) is 8.81. The fraction of sp³-hybridized carbons (Fsp3) is 0.318. The molecule has 1 saturated heterocycles. The quantitative estimate of drug-likeness (QED) is 0.538. The number of hydrogen-bond acceptors (Lipinski definition) is 7. The summed E-state index contributed by atoms with van der Waals surface area (Å²) in [5.41, 5.74) is 1.16. The molecule has 0 unspecified atom stereocenters. The van der Waals surface area contributed by atoms with Gasteiger partial charge in [0.05, 0.1) is 18.8 Å². The van der Waals surface area contributed by atoms with Gasteiger partial charge in [-0.1, -0.05) is 12.6 Å². The van der Waals surface area contributed by atoms with E-state index >= 15 is 0 Å². The summed E-state index contributed by atoms with van der Waals surface area (Å²) in [6.07, 6.45) is 2.93. The van der Waals surface area contributed by atoms with Crippen molar-refractivity contribution in [2.24, 2.45) is 5.92 Å². The molecule has 2 aromatic rings. The molecule has 2 aliphatic rings. The van der Waals surface area contributed by atoms with Gasteiger partial charge in [-0.15, -0.1) is 10.2 Å². The van der Waals surface area contributed by atoms with Gasteiger partial charge in [0.1, 0.15) is 11.9 Å². The average molecular weight is 436 g/mol. The fourth-order valence-corrected chi connectivity index (χ4v) is 3.22. The number of hydrogen-bond donors (Lipinski definition) is 3. The molecular weight excluding hydrogens is 412 g/mol. The third-order valence-electron chi connectivity index (χ3n) is 5.19. The van der Waals surface area contributed by atoms with Gasteiger partial charge in [-0.2, -0.15) is 0 Å². The molecule has 3 N–H and O–H groups in total. The maximum Gasteiger partial charge on any atom is 0.273 e. The van der Waals surface area contributed by atoms with Gasteiger partial charge in [0.25, 0.3) is 5.91 Å². The van der Waals surface area contributed by atoms with Gasteiger partial charge in [-0.25, -0.2) is 0 Å². The molecule has 1 aromatic carbocycles. The molecule has 10 nitrogen and oxygen atoms in total. The summed E-state index contributed by atoms with van der Waals surface area (Å²) in [7, 11) is 1.50. The lowest BCUT2D eigenvalue weighted by atomic mass is 10.1. The van der Waals surface area contributed by atoms with Gasteiger partial charge < -0.3 is 25.6 Å². The lowest BCUT2D eigenvalue weighted by molar-refractivity contribution is -0.134. The number of carbonyl (C=O) groups is 3. The van der Waals surface area contributed by atoms with E-state index in [-0.39, 0.29) is 35.3 Å². The normalized spacial score (nSPS) is 15.3. The van der Waals surface area contributed by atoms with E-state index in [2.05, 4.69) is 32.7 Å². The smallest absolute Gasteiger partial charge is 0.273 e. The molecule has 4 rings (SSSR count). The maximum atomic E-state index is 12.2. The van der Waals surface area contributed by atoms with Crippen LogP contribution in [-0.2, 0) is 9.59 Å². The first-order chi connectivity index (χ1) is 15.5. The van der Waals surface area contributed by atoms with Crippen molar-refractivity contribution in [1.82, 2.24) is 20.4 Å². The number of benzene rings is 1. The lowest BCUT2D eigenvalue weighted by Gasteiger charge is -2.38. The van der Waals surface area contributed by atoms with Crippen LogP contribution in [0.3, 0.4) is 0 Å². The van der Waals surface area contributed by atoms with Crippen LogP contribution in [0.5, 0.6) is 5.75 Å². The number of amides is 3. The molecule has 0 radical (unpaired) electrons. The first-order valence-corrected chi connectivity index (χ1v) is 10.3. The zero-order valence-corrected chi connectivity index (χ0v) is 17.6. The van der Waals surface area contributed by atoms with Crippen molar-refractivity contribution in [3.8, 4) is 5.75 Å². The van der Waals surface area contributed by atoms with Crippen molar-refractivity contribution >= 4 is 34.9 Å². The van der Waals surface area contributed by atoms with Crippen molar-refractivity contribution in [3.05, 3.63) is 48.7 Å². The maximum absolute atomic E-state index is 12.2. The first-order valence-electron chi connectivity index (χ1n) is 10.3. The molecule has 1 aliphatic heterocycles. The molecule has 166 valence electrons. The van der Waals surface area contributed by atoms with Crippen LogP contribution in [0.4, 0.5) is 17.2 Å². The van der Waals surface area contributed by atoms with E-state index in [1.807, 2.05) is 18.2 Å². The minimum absolute atomic E-state index is 0.0184. The van der Waals surface area contributed by atoms with Crippen molar-refractivity contribution in [2.45, 2.75) is 18.9 Å². The highest BCUT2D eigenvalue weighted by atomic mass is 16.5. The summed E-state index contributed by atoms with van der Waals surface area (Å²) in [4.78, 5) is 37.5. The Hall–Kier alpha value is -3.95. The summed E-state index contributed by atoms with van der Waals surface area (Å²) in [5.74, 6) is 0.288. The minimum Gasteiger partial charge on any atom is -0.487 e. The Balaban J connectivity index is 1.47. The number of likely N-dealkylation sites (tertiary alicyclic amines) is 1. The Kier molecular flexibility index (Phi) is 6.02. The highest BCUT2D eigenvalue weighted by molar-refractivity contribution is 5.99. The summed E-state index contributed by atoms with van der Waals surface area (Å²) >= 11 is 0. The molecule has 0 bridgehead atoms. The van der Waals surface area contributed by atoms with Crippen LogP contribution < -0.4 is 20.7 Å². The molecule has 2 fully saturated rings. The number of anilines is 3. The predicted octanol–water partition coefficient (Wildman–Crippen LogP) is 1.70. The Morgan fingerprint density at radius 2 is 1.97 bits per heavy atom. The van der Waals surface area contributed by atoms with Crippen LogP contribution in [0.25, 0.3) is 0 Å². The van der Waals surface area contributed by atoms with E-state index in [1.165, 1.54) is 13.1 Å². The molecule has 3 amide bonds. The zero-order valence-electron chi connectivity index (χ0n) is 17.6. The van der Waals surface area contributed by atoms with E-state index in [9.17, 15) is 14.4 Å².